The summed E-state index contributed by atoms with van der Waals surface area (Å²) in [6.45, 7) is 1.58. The van der Waals surface area contributed by atoms with Crippen molar-refractivity contribution in [2.45, 2.75) is 25.7 Å². The Morgan fingerprint density at radius 2 is 2.04 bits per heavy atom. The number of benzene rings is 1. The standard InChI is InChI=1S/C17H15F3N2O3/c1-10-16(23)22(9-11-5-3-4-6-14(11)24-2)13-7-12(17(18,19)20)8-21-15(13)25-10/h3-8,10H,9H2,1-2H3. The molecule has 8 heteroatoms. The molecule has 1 aliphatic heterocycles. The van der Waals surface area contributed by atoms with Crippen molar-refractivity contribution in [3.05, 3.63) is 47.7 Å². The molecule has 0 saturated carbocycles. The lowest BCUT2D eigenvalue weighted by Crippen LogP contribution is -2.44. The summed E-state index contributed by atoms with van der Waals surface area (Å²) in [5.41, 5.74) is -0.290. The Kier molecular flexibility index (Phi) is 4.28. The third-order valence-corrected chi connectivity index (χ3v) is 3.87. The van der Waals surface area contributed by atoms with Gasteiger partial charge in [-0.25, -0.2) is 4.98 Å². The number of methoxy groups -OCH3 is 1. The van der Waals surface area contributed by atoms with Gasteiger partial charge in [-0.15, -0.1) is 0 Å². The molecular formula is C17H15F3N2O3. The molecule has 2 aromatic rings. The van der Waals surface area contributed by atoms with Crippen LogP contribution < -0.4 is 14.4 Å². The Balaban J connectivity index is 2.05. The average Bonchev–Trinajstić information content (AvgIpc) is 2.58. The highest BCUT2D eigenvalue weighted by Gasteiger charge is 2.37. The molecule has 1 aromatic carbocycles. The number of fused-ring (bicyclic) bond motifs is 1. The van der Waals surface area contributed by atoms with Crippen LogP contribution in [0.5, 0.6) is 11.6 Å². The van der Waals surface area contributed by atoms with Gasteiger partial charge < -0.3 is 9.47 Å². The number of aromatic nitrogens is 1. The predicted octanol–water partition coefficient (Wildman–Crippen LogP) is 3.42. The molecule has 1 atom stereocenters. The maximum atomic E-state index is 13.0. The first-order valence-corrected chi connectivity index (χ1v) is 7.48. The number of carbonyl (C=O) groups is 1. The van der Waals surface area contributed by atoms with E-state index in [-0.39, 0.29) is 18.1 Å². The fourth-order valence-electron chi connectivity index (χ4n) is 2.60. The van der Waals surface area contributed by atoms with Crippen molar-refractivity contribution in [3.8, 4) is 11.6 Å². The molecule has 0 bridgehead atoms. The van der Waals surface area contributed by atoms with Crippen LogP contribution in [0.4, 0.5) is 18.9 Å². The van der Waals surface area contributed by atoms with Gasteiger partial charge in [0.1, 0.15) is 11.4 Å². The Labute approximate surface area is 142 Å². The van der Waals surface area contributed by atoms with Gasteiger partial charge in [0.15, 0.2) is 6.10 Å². The normalized spacial score (nSPS) is 17.1. The van der Waals surface area contributed by atoms with Crippen LogP contribution in [0.1, 0.15) is 18.1 Å². The second-order valence-electron chi connectivity index (χ2n) is 5.54. The Bertz CT molecular complexity index is 808. The summed E-state index contributed by atoms with van der Waals surface area (Å²) in [7, 11) is 1.49. The number of alkyl halides is 3. The Hall–Kier alpha value is -2.77. The number of carbonyl (C=O) groups excluding carboxylic acids is 1. The lowest BCUT2D eigenvalue weighted by molar-refractivity contribution is -0.138. The van der Waals surface area contributed by atoms with E-state index in [9.17, 15) is 18.0 Å². The quantitative estimate of drug-likeness (QED) is 0.849. The number of hydrogen-bond donors (Lipinski definition) is 0. The number of nitrogens with zero attached hydrogens (tertiary/aromatic N) is 2. The lowest BCUT2D eigenvalue weighted by atomic mass is 10.1. The number of anilines is 1. The zero-order valence-corrected chi connectivity index (χ0v) is 13.5. The van der Waals surface area contributed by atoms with Crippen LogP contribution in [-0.2, 0) is 17.5 Å². The van der Waals surface area contributed by atoms with Gasteiger partial charge in [-0.05, 0) is 19.1 Å². The van der Waals surface area contributed by atoms with Crippen molar-refractivity contribution < 1.29 is 27.4 Å². The molecule has 0 N–H and O–H groups in total. The second-order valence-corrected chi connectivity index (χ2v) is 5.54. The topological polar surface area (TPSA) is 51.7 Å². The van der Waals surface area contributed by atoms with E-state index in [1.807, 2.05) is 0 Å². The molecule has 3 rings (SSSR count). The summed E-state index contributed by atoms with van der Waals surface area (Å²) in [6, 6.07) is 7.87. The molecule has 1 unspecified atom stereocenters. The third-order valence-electron chi connectivity index (χ3n) is 3.87. The molecule has 1 aromatic heterocycles. The highest BCUT2D eigenvalue weighted by Crippen LogP contribution is 2.39. The van der Waals surface area contributed by atoms with Gasteiger partial charge in [-0.3, -0.25) is 9.69 Å². The van der Waals surface area contributed by atoms with Crippen molar-refractivity contribution in [2.75, 3.05) is 12.0 Å². The first kappa shape index (κ1) is 17.1. The number of para-hydroxylation sites is 1. The fraction of sp³-hybridized carbons (Fsp3) is 0.294. The first-order chi connectivity index (χ1) is 11.8. The van der Waals surface area contributed by atoms with Crippen molar-refractivity contribution >= 4 is 11.6 Å². The Morgan fingerprint density at radius 3 is 2.72 bits per heavy atom. The van der Waals surface area contributed by atoms with Crippen LogP contribution in [0.25, 0.3) is 0 Å². The van der Waals surface area contributed by atoms with Gasteiger partial charge in [0.05, 0.1) is 19.2 Å². The van der Waals surface area contributed by atoms with Crippen molar-refractivity contribution in [3.63, 3.8) is 0 Å². The molecule has 1 aliphatic rings. The molecule has 132 valence electrons. The summed E-state index contributed by atoms with van der Waals surface area (Å²) in [4.78, 5) is 17.5. The van der Waals surface area contributed by atoms with E-state index >= 15 is 0 Å². The maximum Gasteiger partial charge on any atom is 0.417 e. The van der Waals surface area contributed by atoms with Crippen LogP contribution in [-0.4, -0.2) is 24.1 Å². The molecule has 1 amide bonds. The number of pyridine rings is 1. The predicted molar refractivity (Wildman–Crippen MR) is 83.5 cm³/mol. The third kappa shape index (κ3) is 3.24. The molecule has 0 radical (unpaired) electrons. The number of rotatable bonds is 3. The first-order valence-electron chi connectivity index (χ1n) is 7.48. The maximum absolute atomic E-state index is 13.0. The van der Waals surface area contributed by atoms with E-state index in [1.165, 1.54) is 18.9 Å². The van der Waals surface area contributed by atoms with Crippen molar-refractivity contribution in [1.82, 2.24) is 4.98 Å². The van der Waals surface area contributed by atoms with Crippen LogP contribution in [0, 0.1) is 0 Å². The second kappa shape index (κ2) is 6.27. The van der Waals surface area contributed by atoms with E-state index in [4.69, 9.17) is 9.47 Å². The lowest BCUT2D eigenvalue weighted by Gasteiger charge is -2.32. The van der Waals surface area contributed by atoms with Gasteiger partial charge in [0.2, 0.25) is 5.88 Å². The van der Waals surface area contributed by atoms with Gasteiger partial charge in [0, 0.05) is 11.8 Å². The van der Waals surface area contributed by atoms with E-state index in [0.29, 0.717) is 17.5 Å². The van der Waals surface area contributed by atoms with Crippen LogP contribution in [0.15, 0.2) is 36.5 Å². The minimum Gasteiger partial charge on any atom is -0.496 e. The fourth-order valence-corrected chi connectivity index (χ4v) is 2.60. The van der Waals surface area contributed by atoms with E-state index in [0.717, 1.165) is 6.07 Å². The molecule has 0 spiro atoms. The van der Waals surface area contributed by atoms with Crippen LogP contribution in [0.3, 0.4) is 0 Å². The summed E-state index contributed by atoms with van der Waals surface area (Å²) in [6.07, 6.45) is -4.71. The Morgan fingerprint density at radius 1 is 1.32 bits per heavy atom. The zero-order valence-electron chi connectivity index (χ0n) is 13.5. The smallest absolute Gasteiger partial charge is 0.417 e. The summed E-state index contributed by atoms with van der Waals surface area (Å²) >= 11 is 0. The highest BCUT2D eigenvalue weighted by molar-refractivity contribution is 5.99. The summed E-state index contributed by atoms with van der Waals surface area (Å²) in [5, 5.41) is 0. The van der Waals surface area contributed by atoms with Crippen molar-refractivity contribution in [2.24, 2.45) is 0 Å². The van der Waals surface area contributed by atoms with Gasteiger partial charge in [-0.2, -0.15) is 13.2 Å². The summed E-state index contributed by atoms with van der Waals surface area (Å²) < 4.78 is 49.6. The zero-order chi connectivity index (χ0) is 18.2. The number of ether oxygens (including phenoxy) is 2. The minimum absolute atomic E-state index is 0.00463. The monoisotopic (exact) mass is 352 g/mol. The molecule has 5 nitrogen and oxygen atoms in total. The number of halogens is 3. The number of amides is 1. The van der Waals surface area contributed by atoms with Gasteiger partial charge in [0.25, 0.3) is 5.91 Å². The average molecular weight is 352 g/mol. The van der Waals surface area contributed by atoms with E-state index in [2.05, 4.69) is 4.98 Å². The van der Waals surface area contributed by atoms with Crippen molar-refractivity contribution in [1.29, 1.82) is 0 Å². The largest absolute Gasteiger partial charge is 0.496 e. The molecule has 2 heterocycles. The minimum atomic E-state index is -4.57. The summed E-state index contributed by atoms with van der Waals surface area (Å²) in [5.74, 6) is 0.0884. The van der Waals surface area contributed by atoms with Crippen LogP contribution in [0.2, 0.25) is 0 Å². The molecule has 0 saturated heterocycles. The number of hydrogen-bond acceptors (Lipinski definition) is 4. The molecular weight excluding hydrogens is 337 g/mol. The SMILES string of the molecule is COc1ccccc1CN1C(=O)C(C)Oc2ncc(C(F)(F)F)cc21. The molecule has 0 aliphatic carbocycles. The van der Waals surface area contributed by atoms with E-state index < -0.39 is 23.8 Å². The molecule has 0 fully saturated rings. The van der Waals surface area contributed by atoms with E-state index in [1.54, 1.807) is 24.3 Å². The van der Waals surface area contributed by atoms with Gasteiger partial charge >= 0.3 is 6.18 Å². The van der Waals surface area contributed by atoms with Crippen LogP contribution >= 0.6 is 0 Å². The van der Waals surface area contributed by atoms with Gasteiger partial charge in [-0.1, -0.05) is 18.2 Å². The highest BCUT2D eigenvalue weighted by atomic mass is 19.4. The molecule has 25 heavy (non-hydrogen) atoms.